The molecule has 36 heavy (non-hydrogen) atoms. The van der Waals surface area contributed by atoms with Gasteiger partial charge in [0, 0.05) is 28.9 Å². The second-order valence-electron chi connectivity index (χ2n) is 10.7. The molecule has 3 nitrogen and oxygen atoms in total. The number of benzene rings is 3. The summed E-state index contributed by atoms with van der Waals surface area (Å²) in [5.41, 5.74) is 6.74. The fourth-order valence-corrected chi connectivity index (χ4v) is 6.03. The summed E-state index contributed by atoms with van der Waals surface area (Å²) in [7, 11) is 0. The third kappa shape index (κ3) is 4.43. The van der Waals surface area contributed by atoms with Crippen molar-refractivity contribution in [1.29, 1.82) is 0 Å². The highest BCUT2D eigenvalue weighted by Gasteiger charge is 2.37. The number of hydrogen-bond donors (Lipinski definition) is 0. The smallest absolute Gasteiger partial charge is 0.251 e. The summed E-state index contributed by atoms with van der Waals surface area (Å²) in [4.78, 5) is 14.4. The number of aromatic nitrogens is 2. The van der Waals surface area contributed by atoms with Gasteiger partial charge in [0.2, 0.25) is 0 Å². The van der Waals surface area contributed by atoms with Crippen molar-refractivity contribution in [2.24, 2.45) is 11.8 Å². The van der Waals surface area contributed by atoms with Crippen LogP contribution in [0, 0.1) is 11.8 Å². The number of rotatable bonds is 6. The molecule has 0 bridgehead atoms. The number of fused-ring (bicyclic) bond motifs is 1. The van der Waals surface area contributed by atoms with Crippen molar-refractivity contribution < 1.29 is 4.79 Å². The lowest BCUT2D eigenvalue weighted by atomic mass is 9.75. The second-order valence-corrected chi connectivity index (χ2v) is 10.7. The minimum absolute atomic E-state index is 0.0515. The molecular formula is C33H36N2O. The van der Waals surface area contributed by atoms with Gasteiger partial charge in [0.1, 0.15) is 0 Å². The lowest BCUT2D eigenvalue weighted by molar-refractivity contribution is 0.0818. The van der Waals surface area contributed by atoms with Crippen molar-refractivity contribution in [3.05, 3.63) is 113 Å². The third-order valence-corrected chi connectivity index (χ3v) is 7.97. The van der Waals surface area contributed by atoms with Gasteiger partial charge in [-0.15, -0.1) is 0 Å². The first-order valence-corrected chi connectivity index (χ1v) is 13.3. The highest BCUT2D eigenvalue weighted by Crippen LogP contribution is 2.46. The monoisotopic (exact) mass is 476 g/mol. The van der Waals surface area contributed by atoms with Crippen molar-refractivity contribution in [3.8, 4) is 11.3 Å². The Labute approximate surface area is 215 Å². The summed E-state index contributed by atoms with van der Waals surface area (Å²) in [5, 5.41) is 5.14. The van der Waals surface area contributed by atoms with Gasteiger partial charge in [0.05, 0.1) is 11.4 Å². The van der Waals surface area contributed by atoms with Gasteiger partial charge in [-0.3, -0.25) is 4.79 Å². The Bertz CT molecular complexity index is 1270. The molecule has 0 spiro atoms. The molecule has 184 valence electrons. The number of carbonyl (C=O) groups is 1. The van der Waals surface area contributed by atoms with Crippen molar-refractivity contribution in [2.45, 2.75) is 58.3 Å². The third-order valence-electron chi connectivity index (χ3n) is 7.97. The lowest BCUT2D eigenvalue weighted by Gasteiger charge is -2.29. The van der Waals surface area contributed by atoms with Crippen LogP contribution in [-0.4, -0.2) is 15.7 Å². The van der Waals surface area contributed by atoms with E-state index in [0.29, 0.717) is 17.8 Å². The van der Waals surface area contributed by atoms with Crippen LogP contribution in [0.1, 0.15) is 85.5 Å². The van der Waals surface area contributed by atoms with Crippen LogP contribution >= 0.6 is 0 Å². The van der Waals surface area contributed by atoms with Gasteiger partial charge in [-0.2, -0.15) is 9.78 Å². The molecule has 0 saturated carbocycles. The van der Waals surface area contributed by atoms with E-state index in [1.165, 1.54) is 5.56 Å². The molecule has 1 aliphatic carbocycles. The topological polar surface area (TPSA) is 34.9 Å². The van der Waals surface area contributed by atoms with E-state index in [4.69, 9.17) is 5.10 Å². The Kier molecular flexibility index (Phi) is 6.91. The zero-order chi connectivity index (χ0) is 25.2. The molecule has 1 aromatic heterocycles. The fraction of sp³-hybridized carbons (Fsp3) is 0.333. The Hall–Kier alpha value is -3.46. The van der Waals surface area contributed by atoms with Crippen LogP contribution in [-0.2, 0) is 0 Å². The second kappa shape index (κ2) is 10.3. The zero-order valence-electron chi connectivity index (χ0n) is 21.8. The first-order chi connectivity index (χ1) is 17.5. The van der Waals surface area contributed by atoms with Gasteiger partial charge in [-0.05, 0) is 35.8 Å². The van der Waals surface area contributed by atoms with Crippen molar-refractivity contribution >= 4 is 5.91 Å². The maximum Gasteiger partial charge on any atom is 0.251 e. The lowest BCUT2D eigenvalue weighted by Crippen LogP contribution is -2.27. The van der Waals surface area contributed by atoms with E-state index in [-0.39, 0.29) is 17.7 Å². The average Bonchev–Trinajstić information content (AvgIpc) is 3.31. The van der Waals surface area contributed by atoms with Crippen LogP contribution in [0.5, 0.6) is 0 Å². The minimum Gasteiger partial charge on any atom is -0.272 e. The van der Waals surface area contributed by atoms with Crippen LogP contribution in [0.2, 0.25) is 0 Å². The van der Waals surface area contributed by atoms with E-state index in [1.807, 2.05) is 18.2 Å². The molecule has 3 heteroatoms. The van der Waals surface area contributed by atoms with Gasteiger partial charge in [-0.25, -0.2) is 0 Å². The Balaban J connectivity index is 1.67. The molecule has 5 rings (SSSR count). The molecule has 0 N–H and O–H groups in total. The highest BCUT2D eigenvalue weighted by molar-refractivity contribution is 5.87. The molecule has 0 amide bonds. The van der Waals surface area contributed by atoms with Crippen molar-refractivity contribution in [2.75, 3.05) is 0 Å². The summed E-state index contributed by atoms with van der Waals surface area (Å²) in [6, 6.07) is 31.2. The Morgan fingerprint density at radius 1 is 0.806 bits per heavy atom. The van der Waals surface area contributed by atoms with Gasteiger partial charge in [0.25, 0.3) is 5.91 Å². The van der Waals surface area contributed by atoms with E-state index >= 15 is 0 Å². The van der Waals surface area contributed by atoms with E-state index in [1.54, 1.807) is 4.68 Å². The van der Waals surface area contributed by atoms with Gasteiger partial charge < -0.3 is 0 Å². The predicted molar refractivity (Wildman–Crippen MR) is 147 cm³/mol. The summed E-state index contributed by atoms with van der Waals surface area (Å²) < 4.78 is 1.76. The first kappa shape index (κ1) is 24.2. The molecular weight excluding hydrogens is 440 g/mol. The molecule has 0 saturated heterocycles. The predicted octanol–water partition coefficient (Wildman–Crippen LogP) is 8.30. The van der Waals surface area contributed by atoms with E-state index in [0.717, 1.165) is 40.9 Å². The number of carbonyl (C=O) groups excluding carboxylic acids is 1. The molecule has 0 unspecified atom stereocenters. The van der Waals surface area contributed by atoms with Crippen LogP contribution in [0.15, 0.2) is 91.0 Å². The van der Waals surface area contributed by atoms with Crippen LogP contribution in [0.4, 0.5) is 0 Å². The van der Waals surface area contributed by atoms with Crippen molar-refractivity contribution in [1.82, 2.24) is 9.78 Å². The minimum atomic E-state index is -0.286. The van der Waals surface area contributed by atoms with E-state index < -0.39 is 0 Å². The van der Waals surface area contributed by atoms with Gasteiger partial charge >= 0.3 is 0 Å². The summed E-state index contributed by atoms with van der Waals surface area (Å²) in [6.45, 7) is 8.90. The SMILES string of the molecule is CC(C)[C@@H]1CC[C@@H](C)c2c1nn(C(=O)[C@H](C)C(c1ccccc1)c1ccccc1)c2-c1ccccc1. The largest absolute Gasteiger partial charge is 0.272 e. The maximum absolute atomic E-state index is 14.4. The van der Waals surface area contributed by atoms with Crippen molar-refractivity contribution in [3.63, 3.8) is 0 Å². The van der Waals surface area contributed by atoms with Crippen LogP contribution in [0.25, 0.3) is 11.3 Å². The molecule has 1 aliphatic rings. The number of hydrogen-bond acceptors (Lipinski definition) is 2. The normalized spacial score (nSPS) is 18.3. The standard InChI is InChI=1S/C33H36N2O/c1-22(2)28-21-20-23(3)29-31(28)34-35(32(29)27-18-12-7-13-19-27)33(36)24(4)30(25-14-8-5-9-15-25)26-16-10-6-11-17-26/h5-19,22-24,28,30H,20-21H2,1-4H3/t23-,24-,28+/m1/s1. The number of nitrogens with zero attached hydrogens (tertiary/aromatic N) is 2. The fourth-order valence-electron chi connectivity index (χ4n) is 6.03. The highest BCUT2D eigenvalue weighted by atomic mass is 16.2. The molecule has 3 atom stereocenters. The summed E-state index contributed by atoms with van der Waals surface area (Å²) in [5.74, 6) is 0.950. The summed E-state index contributed by atoms with van der Waals surface area (Å²) in [6.07, 6.45) is 2.25. The average molecular weight is 477 g/mol. The Morgan fingerprint density at radius 3 is 1.86 bits per heavy atom. The Morgan fingerprint density at radius 2 is 1.33 bits per heavy atom. The van der Waals surface area contributed by atoms with Crippen LogP contribution in [0.3, 0.4) is 0 Å². The zero-order valence-corrected chi connectivity index (χ0v) is 21.8. The molecule has 1 heterocycles. The molecule has 0 radical (unpaired) electrons. The first-order valence-electron chi connectivity index (χ1n) is 13.3. The van der Waals surface area contributed by atoms with Crippen LogP contribution < -0.4 is 0 Å². The van der Waals surface area contributed by atoms with Gasteiger partial charge in [0.15, 0.2) is 0 Å². The maximum atomic E-state index is 14.4. The quantitative estimate of drug-likeness (QED) is 0.280. The molecule has 0 aliphatic heterocycles. The molecule has 3 aromatic carbocycles. The molecule has 4 aromatic rings. The molecule has 0 fully saturated rings. The van der Waals surface area contributed by atoms with E-state index in [2.05, 4.69) is 100 Å². The summed E-state index contributed by atoms with van der Waals surface area (Å²) >= 11 is 0. The van der Waals surface area contributed by atoms with E-state index in [9.17, 15) is 4.79 Å². The van der Waals surface area contributed by atoms with Gasteiger partial charge in [-0.1, -0.05) is 119 Å².